The highest BCUT2D eigenvalue weighted by molar-refractivity contribution is 6.30. The molecule has 1 saturated heterocycles. The fourth-order valence-corrected chi connectivity index (χ4v) is 2.37. The molecule has 1 heterocycles. The maximum Gasteiger partial charge on any atom is 0.120 e. The minimum absolute atomic E-state index is 0.0538. The van der Waals surface area contributed by atoms with E-state index in [0.717, 1.165) is 23.7 Å². The molecule has 2 rings (SSSR count). The predicted octanol–water partition coefficient (Wildman–Crippen LogP) is 2.95. The van der Waals surface area contributed by atoms with Crippen molar-refractivity contribution in [3.63, 3.8) is 0 Å². The van der Waals surface area contributed by atoms with Gasteiger partial charge in [0.2, 0.25) is 0 Å². The topological polar surface area (TPSA) is 21.3 Å². The Morgan fingerprint density at radius 3 is 2.80 bits per heavy atom. The van der Waals surface area contributed by atoms with Gasteiger partial charge in [-0.2, -0.15) is 0 Å². The Morgan fingerprint density at radius 1 is 1.40 bits per heavy atom. The van der Waals surface area contributed by atoms with Crippen LogP contribution in [-0.4, -0.2) is 13.7 Å². The summed E-state index contributed by atoms with van der Waals surface area (Å²) >= 11 is 6.06. The van der Waals surface area contributed by atoms with Crippen LogP contribution in [0, 0.1) is 0 Å². The average molecular weight is 226 g/mol. The van der Waals surface area contributed by atoms with Crippen molar-refractivity contribution in [2.45, 2.75) is 25.3 Å². The standard InChI is InChI=1S/C12H16ClNO/c1-12(4-3-5-14-12)9-6-10(13)8-11(7-9)15-2/h6-8,14H,3-5H2,1-2H3. The zero-order valence-corrected chi connectivity index (χ0v) is 9.90. The smallest absolute Gasteiger partial charge is 0.120 e. The number of nitrogens with one attached hydrogen (secondary N) is 1. The van der Waals surface area contributed by atoms with Crippen molar-refractivity contribution in [2.24, 2.45) is 0 Å². The molecule has 1 N–H and O–H groups in total. The lowest BCUT2D eigenvalue weighted by Gasteiger charge is -2.25. The van der Waals surface area contributed by atoms with Gasteiger partial charge in [0.15, 0.2) is 0 Å². The first-order valence-corrected chi connectivity index (χ1v) is 5.62. The molecule has 15 heavy (non-hydrogen) atoms. The maximum atomic E-state index is 6.06. The molecule has 2 nitrogen and oxygen atoms in total. The highest BCUT2D eigenvalue weighted by Crippen LogP contribution is 2.34. The molecule has 82 valence electrons. The Labute approximate surface area is 95.6 Å². The van der Waals surface area contributed by atoms with Crippen molar-refractivity contribution in [3.05, 3.63) is 28.8 Å². The van der Waals surface area contributed by atoms with Gasteiger partial charge in [-0.3, -0.25) is 0 Å². The number of halogens is 1. The van der Waals surface area contributed by atoms with E-state index in [1.54, 1.807) is 7.11 Å². The van der Waals surface area contributed by atoms with Crippen LogP contribution in [0.25, 0.3) is 0 Å². The van der Waals surface area contributed by atoms with Gasteiger partial charge < -0.3 is 10.1 Å². The molecule has 1 aliphatic heterocycles. The molecular weight excluding hydrogens is 210 g/mol. The van der Waals surface area contributed by atoms with Crippen molar-refractivity contribution >= 4 is 11.6 Å². The third-order valence-electron chi connectivity index (χ3n) is 3.11. The first kappa shape index (κ1) is 10.8. The Balaban J connectivity index is 2.38. The summed E-state index contributed by atoms with van der Waals surface area (Å²) in [6, 6.07) is 5.91. The van der Waals surface area contributed by atoms with Crippen molar-refractivity contribution < 1.29 is 4.74 Å². The summed E-state index contributed by atoms with van der Waals surface area (Å²) in [7, 11) is 1.67. The van der Waals surface area contributed by atoms with Crippen LogP contribution in [0.3, 0.4) is 0 Å². The van der Waals surface area contributed by atoms with Gasteiger partial charge >= 0.3 is 0 Å². The summed E-state index contributed by atoms with van der Waals surface area (Å²) in [6.07, 6.45) is 2.36. The molecule has 0 radical (unpaired) electrons. The van der Waals surface area contributed by atoms with Gasteiger partial charge in [-0.25, -0.2) is 0 Å². The predicted molar refractivity (Wildman–Crippen MR) is 62.6 cm³/mol. The largest absolute Gasteiger partial charge is 0.497 e. The zero-order chi connectivity index (χ0) is 10.9. The third-order valence-corrected chi connectivity index (χ3v) is 3.33. The fraction of sp³-hybridized carbons (Fsp3) is 0.500. The molecule has 3 heteroatoms. The lowest BCUT2D eigenvalue weighted by molar-refractivity contribution is 0.404. The molecule has 0 aromatic heterocycles. The lowest BCUT2D eigenvalue weighted by atomic mass is 9.90. The van der Waals surface area contributed by atoms with E-state index in [9.17, 15) is 0 Å². The summed E-state index contributed by atoms with van der Waals surface area (Å²) in [5.41, 5.74) is 1.27. The number of hydrogen-bond acceptors (Lipinski definition) is 2. The van der Waals surface area contributed by atoms with E-state index in [-0.39, 0.29) is 5.54 Å². The van der Waals surface area contributed by atoms with E-state index < -0.39 is 0 Å². The highest BCUT2D eigenvalue weighted by Gasteiger charge is 2.30. The third kappa shape index (κ3) is 2.11. The maximum absolute atomic E-state index is 6.06. The number of rotatable bonds is 2. The second kappa shape index (κ2) is 4.03. The van der Waals surface area contributed by atoms with Crippen molar-refractivity contribution in [3.8, 4) is 5.75 Å². The fourth-order valence-electron chi connectivity index (χ4n) is 2.14. The first-order chi connectivity index (χ1) is 7.14. The minimum Gasteiger partial charge on any atom is -0.497 e. The number of methoxy groups -OCH3 is 1. The summed E-state index contributed by atoms with van der Waals surface area (Å²) in [5.74, 6) is 0.826. The number of hydrogen-bond donors (Lipinski definition) is 1. The van der Waals surface area contributed by atoms with Crippen LogP contribution in [0.15, 0.2) is 18.2 Å². The van der Waals surface area contributed by atoms with Gasteiger partial charge in [0.05, 0.1) is 7.11 Å². The molecular formula is C12H16ClNO. The quantitative estimate of drug-likeness (QED) is 0.836. The van der Waals surface area contributed by atoms with Crippen LogP contribution in [0.1, 0.15) is 25.3 Å². The normalized spacial score (nSPS) is 25.5. The van der Waals surface area contributed by atoms with E-state index in [1.807, 2.05) is 12.1 Å². The molecule has 1 aliphatic rings. The molecule has 0 spiro atoms. The lowest BCUT2D eigenvalue weighted by Crippen LogP contribution is -2.33. The average Bonchev–Trinajstić information content (AvgIpc) is 2.65. The zero-order valence-electron chi connectivity index (χ0n) is 9.14. The Kier molecular flexibility index (Phi) is 2.89. The number of ether oxygens (including phenoxy) is 1. The molecule has 1 aromatic carbocycles. The molecule has 0 aliphatic carbocycles. The van der Waals surface area contributed by atoms with E-state index in [4.69, 9.17) is 16.3 Å². The number of benzene rings is 1. The molecule has 1 fully saturated rings. The van der Waals surface area contributed by atoms with Gasteiger partial charge in [-0.1, -0.05) is 11.6 Å². The summed E-state index contributed by atoms with van der Waals surface area (Å²) < 4.78 is 5.23. The van der Waals surface area contributed by atoms with E-state index in [2.05, 4.69) is 18.3 Å². The summed E-state index contributed by atoms with van der Waals surface area (Å²) in [4.78, 5) is 0. The van der Waals surface area contributed by atoms with Gasteiger partial charge in [-0.05, 0) is 50.1 Å². The van der Waals surface area contributed by atoms with Gasteiger partial charge in [0, 0.05) is 10.6 Å². The molecule has 0 amide bonds. The highest BCUT2D eigenvalue weighted by atomic mass is 35.5. The summed E-state index contributed by atoms with van der Waals surface area (Å²) in [6.45, 7) is 3.29. The van der Waals surface area contributed by atoms with Gasteiger partial charge in [-0.15, -0.1) is 0 Å². The Morgan fingerprint density at radius 2 is 2.20 bits per heavy atom. The van der Waals surface area contributed by atoms with E-state index in [0.29, 0.717) is 0 Å². The molecule has 0 saturated carbocycles. The second-order valence-electron chi connectivity index (χ2n) is 4.24. The molecule has 1 unspecified atom stereocenters. The Bertz CT molecular complexity index is 359. The van der Waals surface area contributed by atoms with E-state index in [1.165, 1.54) is 12.0 Å². The van der Waals surface area contributed by atoms with Gasteiger partial charge in [0.25, 0.3) is 0 Å². The SMILES string of the molecule is COc1cc(Cl)cc(C2(C)CCCN2)c1. The second-order valence-corrected chi connectivity index (χ2v) is 4.68. The van der Waals surface area contributed by atoms with Crippen molar-refractivity contribution in [2.75, 3.05) is 13.7 Å². The van der Waals surface area contributed by atoms with Crippen molar-refractivity contribution in [1.29, 1.82) is 0 Å². The summed E-state index contributed by atoms with van der Waals surface area (Å²) in [5, 5.41) is 4.25. The van der Waals surface area contributed by atoms with Crippen LogP contribution in [-0.2, 0) is 5.54 Å². The monoisotopic (exact) mass is 225 g/mol. The van der Waals surface area contributed by atoms with Crippen LogP contribution in [0.5, 0.6) is 5.75 Å². The van der Waals surface area contributed by atoms with E-state index >= 15 is 0 Å². The van der Waals surface area contributed by atoms with Crippen LogP contribution in [0.2, 0.25) is 5.02 Å². The van der Waals surface area contributed by atoms with Crippen LogP contribution < -0.4 is 10.1 Å². The van der Waals surface area contributed by atoms with Crippen LogP contribution >= 0.6 is 11.6 Å². The van der Waals surface area contributed by atoms with Gasteiger partial charge in [0.1, 0.15) is 5.75 Å². The minimum atomic E-state index is 0.0538. The molecule has 1 atom stereocenters. The molecule has 1 aromatic rings. The molecule has 0 bridgehead atoms. The first-order valence-electron chi connectivity index (χ1n) is 5.24. The van der Waals surface area contributed by atoms with Crippen LogP contribution in [0.4, 0.5) is 0 Å². The Hall–Kier alpha value is -0.730. The van der Waals surface area contributed by atoms with Crippen molar-refractivity contribution in [1.82, 2.24) is 5.32 Å².